The molecular formula is C9H15NO3. The van der Waals surface area contributed by atoms with Crippen LogP contribution in [0.1, 0.15) is 13.3 Å². The highest BCUT2D eigenvalue weighted by Gasteiger charge is 2.13. The first-order valence-corrected chi connectivity index (χ1v) is 4.02. The van der Waals surface area contributed by atoms with Crippen LogP contribution in [0, 0.1) is 5.92 Å². The van der Waals surface area contributed by atoms with Crippen molar-refractivity contribution in [2.24, 2.45) is 5.92 Å². The molecule has 1 N–H and O–H groups in total. The van der Waals surface area contributed by atoms with Crippen molar-refractivity contribution >= 4 is 11.8 Å². The first-order chi connectivity index (χ1) is 5.93. The normalized spacial score (nSPS) is 12.8. The second-order valence-corrected chi connectivity index (χ2v) is 3.13. The third-order valence-electron chi connectivity index (χ3n) is 1.51. The molecule has 0 rings (SSSR count). The predicted octanol–water partition coefficient (Wildman–Crippen LogP) is 0.742. The molecule has 0 aliphatic carbocycles. The number of aliphatic carboxylic acids is 1. The molecule has 0 amide bonds. The lowest BCUT2D eigenvalue weighted by Gasteiger charge is -2.06. The number of allylic oxidation sites excluding steroid dienone is 1. The Bertz CT molecular complexity index is 221. The highest BCUT2D eigenvalue weighted by atomic mass is 16.4. The van der Waals surface area contributed by atoms with Crippen LogP contribution in [0.3, 0.4) is 0 Å². The maximum absolute atomic E-state index is 11.1. The summed E-state index contributed by atoms with van der Waals surface area (Å²) in [5, 5.41) is 8.35. The lowest BCUT2D eigenvalue weighted by atomic mass is 10.0. The van der Waals surface area contributed by atoms with Gasteiger partial charge in [0.1, 0.15) is 6.42 Å². The monoisotopic (exact) mass is 185 g/mol. The molecule has 0 heterocycles. The summed E-state index contributed by atoms with van der Waals surface area (Å²) in [6, 6.07) is 0. The van der Waals surface area contributed by atoms with E-state index in [1.54, 1.807) is 24.1 Å². The third kappa shape index (κ3) is 5.90. The van der Waals surface area contributed by atoms with Crippen LogP contribution in [0.25, 0.3) is 0 Å². The lowest BCUT2D eigenvalue weighted by molar-refractivity contribution is -0.140. The summed E-state index contributed by atoms with van der Waals surface area (Å²) in [6.07, 6.45) is 3.02. The standard InChI is InChI=1S/C9H15NO3/c1-7(4-5-10(2)3)8(11)6-9(12)13/h4-5,7H,6H2,1-3H3,(H,12,13). The summed E-state index contributed by atoms with van der Waals surface area (Å²) < 4.78 is 0. The number of ketones is 1. The largest absolute Gasteiger partial charge is 0.481 e. The molecule has 0 radical (unpaired) electrons. The van der Waals surface area contributed by atoms with E-state index in [-0.39, 0.29) is 11.7 Å². The van der Waals surface area contributed by atoms with Gasteiger partial charge in [-0.1, -0.05) is 13.0 Å². The van der Waals surface area contributed by atoms with Gasteiger partial charge < -0.3 is 10.0 Å². The number of carboxylic acid groups (broad SMARTS) is 1. The molecule has 0 aliphatic heterocycles. The van der Waals surface area contributed by atoms with Crippen molar-refractivity contribution < 1.29 is 14.7 Å². The van der Waals surface area contributed by atoms with E-state index in [4.69, 9.17) is 5.11 Å². The summed E-state index contributed by atoms with van der Waals surface area (Å²) in [5.74, 6) is -1.68. The molecule has 0 spiro atoms. The Morgan fingerprint density at radius 2 is 2.00 bits per heavy atom. The number of hydrogen-bond donors (Lipinski definition) is 1. The Labute approximate surface area is 77.8 Å². The molecule has 74 valence electrons. The zero-order valence-electron chi connectivity index (χ0n) is 8.15. The van der Waals surface area contributed by atoms with Gasteiger partial charge in [0.05, 0.1) is 0 Å². The van der Waals surface area contributed by atoms with Crippen LogP contribution in [-0.4, -0.2) is 35.9 Å². The van der Waals surface area contributed by atoms with Crippen LogP contribution in [0.2, 0.25) is 0 Å². The van der Waals surface area contributed by atoms with E-state index in [1.165, 1.54) is 0 Å². The van der Waals surface area contributed by atoms with Crippen molar-refractivity contribution in [2.45, 2.75) is 13.3 Å². The first-order valence-electron chi connectivity index (χ1n) is 4.02. The Morgan fingerprint density at radius 3 is 2.38 bits per heavy atom. The zero-order chi connectivity index (χ0) is 10.4. The fourth-order valence-corrected chi connectivity index (χ4v) is 0.719. The van der Waals surface area contributed by atoms with E-state index in [2.05, 4.69) is 0 Å². The van der Waals surface area contributed by atoms with Crippen LogP contribution < -0.4 is 0 Å². The van der Waals surface area contributed by atoms with Crippen LogP contribution in [-0.2, 0) is 9.59 Å². The van der Waals surface area contributed by atoms with E-state index in [0.717, 1.165) is 0 Å². The minimum atomic E-state index is -1.07. The van der Waals surface area contributed by atoms with Crippen molar-refractivity contribution in [3.63, 3.8) is 0 Å². The summed E-state index contributed by atoms with van der Waals surface area (Å²) in [7, 11) is 3.68. The number of nitrogens with zero attached hydrogens (tertiary/aromatic N) is 1. The highest BCUT2D eigenvalue weighted by Crippen LogP contribution is 2.02. The van der Waals surface area contributed by atoms with Crippen LogP contribution in [0.4, 0.5) is 0 Å². The Balaban J connectivity index is 4.03. The molecule has 0 bridgehead atoms. The van der Waals surface area contributed by atoms with E-state index in [0.29, 0.717) is 0 Å². The molecule has 1 atom stereocenters. The zero-order valence-corrected chi connectivity index (χ0v) is 8.15. The summed E-state index contributed by atoms with van der Waals surface area (Å²) >= 11 is 0. The van der Waals surface area contributed by atoms with Gasteiger partial charge in [-0.2, -0.15) is 0 Å². The molecule has 0 saturated heterocycles. The van der Waals surface area contributed by atoms with Gasteiger partial charge in [-0.25, -0.2) is 0 Å². The molecule has 0 saturated carbocycles. The molecule has 0 aromatic heterocycles. The maximum atomic E-state index is 11.1. The summed E-state index contributed by atoms with van der Waals surface area (Å²) in [5.41, 5.74) is 0. The fraction of sp³-hybridized carbons (Fsp3) is 0.556. The van der Waals surface area contributed by atoms with Gasteiger partial charge >= 0.3 is 5.97 Å². The Kier molecular flexibility index (Phi) is 4.80. The van der Waals surface area contributed by atoms with E-state index in [1.807, 2.05) is 14.1 Å². The molecule has 0 aromatic rings. The second-order valence-electron chi connectivity index (χ2n) is 3.13. The van der Waals surface area contributed by atoms with E-state index >= 15 is 0 Å². The summed E-state index contributed by atoms with van der Waals surface area (Å²) in [4.78, 5) is 23.1. The Morgan fingerprint density at radius 1 is 1.46 bits per heavy atom. The quantitative estimate of drug-likeness (QED) is 0.642. The van der Waals surface area contributed by atoms with Gasteiger partial charge in [0.15, 0.2) is 5.78 Å². The first kappa shape index (κ1) is 11.7. The smallest absolute Gasteiger partial charge is 0.310 e. The summed E-state index contributed by atoms with van der Waals surface area (Å²) in [6.45, 7) is 1.69. The van der Waals surface area contributed by atoms with E-state index < -0.39 is 12.4 Å². The lowest BCUT2D eigenvalue weighted by Crippen LogP contribution is -2.14. The van der Waals surface area contributed by atoms with Crippen LogP contribution >= 0.6 is 0 Å². The van der Waals surface area contributed by atoms with Crippen molar-refractivity contribution in [3.8, 4) is 0 Å². The van der Waals surface area contributed by atoms with Gasteiger partial charge in [-0.05, 0) is 6.20 Å². The van der Waals surface area contributed by atoms with Crippen molar-refractivity contribution in [1.29, 1.82) is 0 Å². The predicted molar refractivity (Wildman–Crippen MR) is 49.3 cm³/mol. The molecule has 0 aliphatic rings. The fourth-order valence-electron chi connectivity index (χ4n) is 0.719. The number of rotatable bonds is 5. The van der Waals surface area contributed by atoms with Crippen molar-refractivity contribution in [3.05, 3.63) is 12.3 Å². The SMILES string of the molecule is CC(C=CN(C)C)C(=O)CC(=O)O. The van der Waals surface area contributed by atoms with Gasteiger partial charge in [0.25, 0.3) is 0 Å². The molecule has 4 heteroatoms. The van der Waals surface area contributed by atoms with Gasteiger partial charge in [-0.3, -0.25) is 9.59 Å². The second kappa shape index (κ2) is 5.35. The van der Waals surface area contributed by atoms with Gasteiger partial charge in [0, 0.05) is 20.0 Å². The average molecular weight is 185 g/mol. The Hall–Kier alpha value is -1.32. The molecule has 1 unspecified atom stereocenters. The molecule has 4 nitrogen and oxygen atoms in total. The topological polar surface area (TPSA) is 57.6 Å². The van der Waals surface area contributed by atoms with Crippen LogP contribution in [0.15, 0.2) is 12.3 Å². The number of carbonyl (C=O) groups is 2. The minimum absolute atomic E-state index is 0.273. The molecular weight excluding hydrogens is 170 g/mol. The van der Waals surface area contributed by atoms with Crippen LogP contribution in [0.5, 0.6) is 0 Å². The molecule has 13 heavy (non-hydrogen) atoms. The molecule has 0 aromatic carbocycles. The number of carbonyl (C=O) groups excluding carboxylic acids is 1. The number of hydrogen-bond acceptors (Lipinski definition) is 3. The molecule has 0 fully saturated rings. The third-order valence-corrected chi connectivity index (χ3v) is 1.51. The van der Waals surface area contributed by atoms with E-state index in [9.17, 15) is 9.59 Å². The van der Waals surface area contributed by atoms with Crippen molar-refractivity contribution in [1.82, 2.24) is 4.90 Å². The van der Waals surface area contributed by atoms with Gasteiger partial charge in [0.2, 0.25) is 0 Å². The maximum Gasteiger partial charge on any atom is 0.310 e. The number of carboxylic acids is 1. The van der Waals surface area contributed by atoms with Gasteiger partial charge in [-0.15, -0.1) is 0 Å². The van der Waals surface area contributed by atoms with Crippen molar-refractivity contribution in [2.75, 3.05) is 14.1 Å². The average Bonchev–Trinajstić information content (AvgIpc) is 1.98. The highest BCUT2D eigenvalue weighted by molar-refractivity contribution is 5.96. The number of Topliss-reactive ketones (excluding diaryl/α,β-unsaturated/α-hetero) is 1. The minimum Gasteiger partial charge on any atom is -0.481 e.